The van der Waals surface area contributed by atoms with Gasteiger partial charge in [0.05, 0.1) is 24.8 Å². The van der Waals surface area contributed by atoms with Crippen LogP contribution in [0.1, 0.15) is 26.3 Å². The second-order valence-electron chi connectivity index (χ2n) is 5.39. The molecule has 0 saturated carbocycles. The summed E-state index contributed by atoms with van der Waals surface area (Å²) in [4.78, 5) is 2.13. The van der Waals surface area contributed by atoms with E-state index in [4.69, 9.17) is 21.1 Å². The number of halogens is 1. The van der Waals surface area contributed by atoms with Crippen molar-refractivity contribution in [2.75, 3.05) is 27.3 Å². The molecule has 5 heteroatoms. The Labute approximate surface area is 126 Å². The minimum Gasteiger partial charge on any atom is -0.493 e. The van der Waals surface area contributed by atoms with Crippen molar-refractivity contribution < 1.29 is 14.6 Å². The van der Waals surface area contributed by atoms with Gasteiger partial charge in [0.2, 0.25) is 0 Å². The summed E-state index contributed by atoms with van der Waals surface area (Å²) in [6, 6.07) is 3.77. The number of rotatable bonds is 7. The molecule has 0 aliphatic rings. The highest BCUT2D eigenvalue weighted by molar-refractivity contribution is 6.33. The van der Waals surface area contributed by atoms with Gasteiger partial charge in [-0.25, -0.2) is 0 Å². The van der Waals surface area contributed by atoms with Crippen LogP contribution < -0.4 is 9.47 Å². The van der Waals surface area contributed by atoms with E-state index in [0.29, 0.717) is 29.6 Å². The Balaban J connectivity index is 2.97. The number of methoxy groups -OCH3 is 2. The van der Waals surface area contributed by atoms with E-state index in [0.717, 1.165) is 12.1 Å². The molecule has 0 radical (unpaired) electrons. The van der Waals surface area contributed by atoms with Crippen molar-refractivity contribution in [1.82, 2.24) is 4.90 Å². The quantitative estimate of drug-likeness (QED) is 0.841. The molecule has 0 aliphatic carbocycles. The summed E-state index contributed by atoms with van der Waals surface area (Å²) in [7, 11) is 3.16. The van der Waals surface area contributed by atoms with E-state index in [2.05, 4.69) is 11.8 Å². The maximum Gasteiger partial charge on any atom is 0.179 e. The van der Waals surface area contributed by atoms with E-state index in [-0.39, 0.29) is 0 Å². The maximum absolute atomic E-state index is 9.93. The second kappa shape index (κ2) is 7.16. The molecule has 1 N–H and O–H groups in total. The molecule has 1 rings (SSSR count). The SMILES string of the molecule is CCN(Cc1ccc(OC)c(OC)c1Cl)CC(C)(C)O. The fourth-order valence-corrected chi connectivity index (χ4v) is 2.41. The zero-order chi connectivity index (χ0) is 15.3. The van der Waals surface area contributed by atoms with Crippen LogP contribution in [0.4, 0.5) is 0 Å². The van der Waals surface area contributed by atoms with E-state index < -0.39 is 5.60 Å². The topological polar surface area (TPSA) is 41.9 Å². The van der Waals surface area contributed by atoms with Crippen LogP contribution in [-0.4, -0.2) is 42.9 Å². The highest BCUT2D eigenvalue weighted by Crippen LogP contribution is 2.37. The Bertz CT molecular complexity index is 443. The van der Waals surface area contributed by atoms with Gasteiger partial charge in [-0.1, -0.05) is 24.6 Å². The molecular formula is C15H24ClNO3. The first kappa shape index (κ1) is 17.1. The van der Waals surface area contributed by atoms with Gasteiger partial charge in [0.1, 0.15) is 0 Å². The predicted octanol–water partition coefficient (Wildman–Crippen LogP) is 2.95. The van der Waals surface area contributed by atoms with E-state index >= 15 is 0 Å². The molecule has 1 aromatic carbocycles. The molecule has 20 heavy (non-hydrogen) atoms. The smallest absolute Gasteiger partial charge is 0.179 e. The van der Waals surface area contributed by atoms with Gasteiger partial charge >= 0.3 is 0 Å². The number of hydrogen-bond acceptors (Lipinski definition) is 4. The first-order valence-corrected chi connectivity index (χ1v) is 7.04. The summed E-state index contributed by atoms with van der Waals surface area (Å²) in [6.45, 7) is 7.71. The van der Waals surface area contributed by atoms with Gasteiger partial charge in [0, 0.05) is 13.1 Å². The summed E-state index contributed by atoms with van der Waals surface area (Å²) in [5, 5.41) is 10.5. The lowest BCUT2D eigenvalue weighted by atomic mass is 10.1. The van der Waals surface area contributed by atoms with E-state index in [1.165, 1.54) is 0 Å². The fourth-order valence-electron chi connectivity index (χ4n) is 2.12. The van der Waals surface area contributed by atoms with Crippen molar-refractivity contribution in [2.24, 2.45) is 0 Å². The standard InChI is InChI=1S/C15H24ClNO3/c1-6-17(10-15(2,3)18)9-11-7-8-12(19-4)14(20-5)13(11)16/h7-8,18H,6,9-10H2,1-5H3. The van der Waals surface area contributed by atoms with Crippen molar-refractivity contribution in [1.29, 1.82) is 0 Å². The van der Waals surface area contributed by atoms with E-state index in [1.807, 2.05) is 12.1 Å². The zero-order valence-corrected chi connectivity index (χ0v) is 13.6. The van der Waals surface area contributed by atoms with Crippen molar-refractivity contribution in [2.45, 2.75) is 32.9 Å². The van der Waals surface area contributed by atoms with Crippen LogP contribution >= 0.6 is 11.6 Å². The highest BCUT2D eigenvalue weighted by Gasteiger charge is 2.20. The van der Waals surface area contributed by atoms with Crippen LogP contribution in [0, 0.1) is 0 Å². The van der Waals surface area contributed by atoms with Crippen LogP contribution in [-0.2, 0) is 6.54 Å². The van der Waals surface area contributed by atoms with Crippen molar-refractivity contribution in [3.05, 3.63) is 22.7 Å². The van der Waals surface area contributed by atoms with Gasteiger partial charge in [-0.15, -0.1) is 0 Å². The molecule has 0 fully saturated rings. The van der Waals surface area contributed by atoms with Crippen LogP contribution in [0.25, 0.3) is 0 Å². The third kappa shape index (κ3) is 4.54. The number of benzene rings is 1. The van der Waals surface area contributed by atoms with Crippen molar-refractivity contribution in [3.8, 4) is 11.5 Å². The van der Waals surface area contributed by atoms with Gasteiger partial charge < -0.3 is 14.6 Å². The van der Waals surface area contributed by atoms with Crippen LogP contribution in [0.5, 0.6) is 11.5 Å². The average Bonchev–Trinajstić information content (AvgIpc) is 2.38. The van der Waals surface area contributed by atoms with E-state index in [9.17, 15) is 5.11 Å². The summed E-state index contributed by atoms with van der Waals surface area (Å²) in [5.41, 5.74) is 0.217. The Hall–Kier alpha value is -0.970. The molecule has 1 aromatic rings. The summed E-state index contributed by atoms with van der Waals surface area (Å²) >= 11 is 6.37. The molecule has 4 nitrogen and oxygen atoms in total. The van der Waals surface area contributed by atoms with Gasteiger partial charge in [-0.05, 0) is 32.0 Å². The molecule has 0 aliphatic heterocycles. The second-order valence-corrected chi connectivity index (χ2v) is 5.77. The highest BCUT2D eigenvalue weighted by atomic mass is 35.5. The molecule has 0 unspecified atom stereocenters. The zero-order valence-electron chi connectivity index (χ0n) is 12.9. The number of nitrogens with zero attached hydrogens (tertiary/aromatic N) is 1. The number of ether oxygens (including phenoxy) is 2. The average molecular weight is 302 g/mol. The van der Waals surface area contributed by atoms with E-state index in [1.54, 1.807) is 28.1 Å². The fraction of sp³-hybridized carbons (Fsp3) is 0.600. The number of likely N-dealkylation sites (N-methyl/N-ethyl adjacent to an activating group) is 1. The van der Waals surface area contributed by atoms with Gasteiger partial charge in [0.25, 0.3) is 0 Å². The van der Waals surface area contributed by atoms with Crippen molar-refractivity contribution in [3.63, 3.8) is 0 Å². The normalized spacial score (nSPS) is 11.8. The maximum atomic E-state index is 9.93. The Morgan fingerprint density at radius 3 is 2.35 bits per heavy atom. The molecule has 114 valence electrons. The Kier molecular flexibility index (Phi) is 6.11. The lowest BCUT2D eigenvalue weighted by Gasteiger charge is -2.28. The lowest BCUT2D eigenvalue weighted by Crippen LogP contribution is -2.38. The summed E-state index contributed by atoms with van der Waals surface area (Å²) in [5.74, 6) is 1.16. The molecule has 0 atom stereocenters. The summed E-state index contributed by atoms with van der Waals surface area (Å²) in [6.07, 6.45) is 0. The Morgan fingerprint density at radius 2 is 1.90 bits per heavy atom. The molecule has 0 aromatic heterocycles. The minimum absolute atomic E-state index is 0.547. The molecule has 0 amide bonds. The van der Waals surface area contributed by atoms with Gasteiger partial charge in [-0.2, -0.15) is 0 Å². The van der Waals surface area contributed by atoms with Crippen LogP contribution in [0.15, 0.2) is 12.1 Å². The molecule has 0 heterocycles. The van der Waals surface area contributed by atoms with Gasteiger partial charge in [-0.3, -0.25) is 4.90 Å². The minimum atomic E-state index is -0.737. The lowest BCUT2D eigenvalue weighted by molar-refractivity contribution is 0.0353. The number of aliphatic hydroxyl groups is 1. The molecule has 0 bridgehead atoms. The first-order valence-electron chi connectivity index (χ1n) is 6.66. The molecular weight excluding hydrogens is 278 g/mol. The number of hydrogen-bond donors (Lipinski definition) is 1. The monoisotopic (exact) mass is 301 g/mol. The first-order chi connectivity index (χ1) is 9.32. The van der Waals surface area contributed by atoms with Crippen molar-refractivity contribution >= 4 is 11.6 Å². The summed E-state index contributed by atoms with van der Waals surface area (Å²) < 4.78 is 10.5. The third-order valence-corrected chi connectivity index (χ3v) is 3.43. The Morgan fingerprint density at radius 1 is 1.25 bits per heavy atom. The molecule has 0 saturated heterocycles. The van der Waals surface area contributed by atoms with Gasteiger partial charge in [0.15, 0.2) is 11.5 Å². The third-order valence-electron chi connectivity index (χ3n) is 3.02. The largest absolute Gasteiger partial charge is 0.493 e. The predicted molar refractivity (Wildman–Crippen MR) is 81.8 cm³/mol. The van der Waals surface area contributed by atoms with Crippen LogP contribution in [0.2, 0.25) is 5.02 Å². The molecule has 0 spiro atoms. The van der Waals surface area contributed by atoms with Crippen LogP contribution in [0.3, 0.4) is 0 Å².